The quantitative estimate of drug-likeness (QED) is 0.807. The molecule has 0 heterocycles. The van der Waals surface area contributed by atoms with E-state index in [0.717, 1.165) is 31.6 Å². The normalized spacial score (nSPS) is 10.7. The van der Waals surface area contributed by atoms with E-state index in [0.29, 0.717) is 5.75 Å². The zero-order chi connectivity index (χ0) is 13.5. The Bertz CT molecular complexity index is 400. The molecule has 0 aromatic heterocycles. The topological polar surface area (TPSA) is 49.8 Å². The fourth-order valence-corrected chi connectivity index (χ4v) is 2.01. The second-order valence-electron chi connectivity index (χ2n) is 4.08. The predicted molar refractivity (Wildman–Crippen MR) is 71.4 cm³/mol. The summed E-state index contributed by atoms with van der Waals surface area (Å²) in [5.74, 6) is -0.464. The lowest BCUT2D eigenvalue weighted by atomic mass is 10.1. The third-order valence-corrected chi connectivity index (χ3v) is 3.12. The zero-order valence-corrected chi connectivity index (χ0v) is 11.3. The summed E-state index contributed by atoms with van der Waals surface area (Å²) in [6.45, 7) is 7.14. The molecule has 0 amide bonds. The molecule has 18 heavy (non-hydrogen) atoms. The first-order valence-corrected chi connectivity index (χ1v) is 6.25. The second-order valence-corrected chi connectivity index (χ2v) is 4.08. The van der Waals surface area contributed by atoms with Crippen LogP contribution in [0.1, 0.15) is 29.8 Å². The van der Waals surface area contributed by atoms with Crippen molar-refractivity contribution in [1.82, 2.24) is 4.90 Å². The fraction of sp³-hybridized carbons (Fsp3) is 0.500. The Balaban J connectivity index is 2.88. The van der Waals surface area contributed by atoms with Gasteiger partial charge in [-0.1, -0.05) is 26.0 Å². The maximum atomic E-state index is 11.1. The second kappa shape index (κ2) is 7.01. The number of ether oxygens (including phenoxy) is 1. The maximum Gasteiger partial charge on any atom is 0.339 e. The highest BCUT2D eigenvalue weighted by Crippen LogP contribution is 2.24. The van der Waals surface area contributed by atoms with Crippen molar-refractivity contribution in [1.29, 1.82) is 0 Å². The van der Waals surface area contributed by atoms with Crippen LogP contribution in [0.5, 0.6) is 5.75 Å². The van der Waals surface area contributed by atoms with Crippen LogP contribution >= 0.6 is 0 Å². The van der Waals surface area contributed by atoms with Crippen molar-refractivity contribution in [2.45, 2.75) is 20.3 Å². The molecule has 4 heteroatoms. The number of aromatic carboxylic acids is 1. The first-order valence-electron chi connectivity index (χ1n) is 6.25. The van der Waals surface area contributed by atoms with Crippen molar-refractivity contribution in [2.75, 3.05) is 26.7 Å². The average Bonchev–Trinajstić information content (AvgIpc) is 2.39. The molecule has 0 radical (unpaired) electrons. The molecular weight excluding hydrogens is 230 g/mol. The lowest BCUT2D eigenvalue weighted by Crippen LogP contribution is -2.25. The van der Waals surface area contributed by atoms with Crippen LogP contribution < -0.4 is 4.74 Å². The van der Waals surface area contributed by atoms with Crippen molar-refractivity contribution in [3.05, 3.63) is 29.3 Å². The molecule has 0 spiro atoms. The number of carboxylic acids is 1. The Morgan fingerprint density at radius 3 is 2.50 bits per heavy atom. The van der Waals surface area contributed by atoms with Gasteiger partial charge in [0.05, 0.1) is 7.11 Å². The molecule has 0 bridgehead atoms. The maximum absolute atomic E-state index is 11.1. The third kappa shape index (κ3) is 3.47. The Morgan fingerprint density at radius 2 is 2.00 bits per heavy atom. The number of hydrogen-bond donors (Lipinski definition) is 1. The third-order valence-electron chi connectivity index (χ3n) is 3.12. The summed E-state index contributed by atoms with van der Waals surface area (Å²) in [5.41, 5.74) is 1.18. The molecule has 0 atom stereocenters. The Kier molecular flexibility index (Phi) is 5.65. The van der Waals surface area contributed by atoms with Crippen LogP contribution in [0.4, 0.5) is 0 Å². The summed E-state index contributed by atoms with van der Waals surface area (Å²) in [7, 11) is 1.52. The Labute approximate surface area is 108 Å². The highest BCUT2D eigenvalue weighted by atomic mass is 16.5. The largest absolute Gasteiger partial charge is 0.496 e. The smallest absolute Gasteiger partial charge is 0.339 e. The van der Waals surface area contributed by atoms with Gasteiger partial charge in [-0.05, 0) is 31.1 Å². The first kappa shape index (κ1) is 14.5. The van der Waals surface area contributed by atoms with Gasteiger partial charge in [0.25, 0.3) is 0 Å². The van der Waals surface area contributed by atoms with Gasteiger partial charge >= 0.3 is 5.97 Å². The van der Waals surface area contributed by atoms with Gasteiger partial charge < -0.3 is 14.7 Å². The first-order chi connectivity index (χ1) is 8.63. The lowest BCUT2D eigenvalue weighted by Gasteiger charge is -2.19. The van der Waals surface area contributed by atoms with Gasteiger partial charge in [0.15, 0.2) is 0 Å². The van der Waals surface area contributed by atoms with E-state index in [2.05, 4.69) is 18.7 Å². The van der Waals surface area contributed by atoms with Crippen molar-refractivity contribution >= 4 is 5.97 Å². The molecule has 1 aromatic carbocycles. The van der Waals surface area contributed by atoms with E-state index in [1.165, 1.54) is 7.11 Å². The van der Waals surface area contributed by atoms with Gasteiger partial charge in [0, 0.05) is 6.54 Å². The van der Waals surface area contributed by atoms with Crippen molar-refractivity contribution in [2.24, 2.45) is 0 Å². The monoisotopic (exact) mass is 251 g/mol. The Morgan fingerprint density at radius 1 is 1.33 bits per heavy atom. The number of carboxylic acid groups (broad SMARTS) is 1. The molecule has 0 saturated carbocycles. The summed E-state index contributed by atoms with van der Waals surface area (Å²) in [4.78, 5) is 13.4. The molecule has 1 N–H and O–H groups in total. The number of carbonyl (C=O) groups is 1. The van der Waals surface area contributed by atoms with E-state index in [1.807, 2.05) is 6.07 Å². The van der Waals surface area contributed by atoms with Crippen LogP contribution in [0.2, 0.25) is 0 Å². The number of hydrogen-bond acceptors (Lipinski definition) is 3. The molecule has 0 unspecified atom stereocenters. The van der Waals surface area contributed by atoms with E-state index in [4.69, 9.17) is 9.84 Å². The molecule has 0 aliphatic heterocycles. The molecule has 0 fully saturated rings. The average molecular weight is 251 g/mol. The van der Waals surface area contributed by atoms with Gasteiger partial charge in [0.2, 0.25) is 0 Å². The Hall–Kier alpha value is -1.55. The van der Waals surface area contributed by atoms with E-state index in [9.17, 15) is 4.79 Å². The molecular formula is C14H21NO3. The number of rotatable bonds is 7. The number of nitrogens with zero attached hydrogens (tertiary/aromatic N) is 1. The minimum Gasteiger partial charge on any atom is -0.496 e. The SMILES string of the molecule is CCN(CC)CCc1cccc(C(=O)O)c1OC. The summed E-state index contributed by atoms with van der Waals surface area (Å²) in [6.07, 6.45) is 0.798. The standard InChI is InChI=1S/C14H21NO3/c1-4-15(5-2)10-9-11-7-6-8-12(14(16)17)13(11)18-3/h6-8H,4-5,9-10H2,1-3H3,(H,16,17). The van der Waals surface area contributed by atoms with E-state index in [1.54, 1.807) is 12.1 Å². The summed E-state index contributed by atoms with van der Waals surface area (Å²) < 4.78 is 5.24. The van der Waals surface area contributed by atoms with Crippen molar-refractivity contribution < 1.29 is 14.6 Å². The molecule has 1 rings (SSSR count). The van der Waals surface area contributed by atoms with Gasteiger partial charge in [-0.3, -0.25) is 0 Å². The number of para-hydroxylation sites is 1. The van der Waals surface area contributed by atoms with Crippen LogP contribution in [-0.2, 0) is 6.42 Å². The molecule has 0 aliphatic rings. The molecule has 4 nitrogen and oxygen atoms in total. The minimum atomic E-state index is -0.948. The van der Waals surface area contributed by atoms with E-state index >= 15 is 0 Å². The highest BCUT2D eigenvalue weighted by molar-refractivity contribution is 5.91. The lowest BCUT2D eigenvalue weighted by molar-refractivity contribution is 0.0693. The fourth-order valence-electron chi connectivity index (χ4n) is 2.01. The van der Waals surface area contributed by atoms with Crippen LogP contribution in [-0.4, -0.2) is 42.7 Å². The molecule has 0 saturated heterocycles. The van der Waals surface area contributed by atoms with Gasteiger partial charge in [0.1, 0.15) is 11.3 Å². The molecule has 0 aliphatic carbocycles. The summed E-state index contributed by atoms with van der Waals surface area (Å²) in [5, 5.41) is 9.10. The van der Waals surface area contributed by atoms with E-state index in [-0.39, 0.29) is 5.56 Å². The molecule has 100 valence electrons. The predicted octanol–water partition coefficient (Wildman–Crippen LogP) is 2.28. The van der Waals surface area contributed by atoms with Crippen LogP contribution in [0.15, 0.2) is 18.2 Å². The van der Waals surface area contributed by atoms with Gasteiger partial charge in [-0.2, -0.15) is 0 Å². The minimum absolute atomic E-state index is 0.231. The van der Waals surface area contributed by atoms with E-state index < -0.39 is 5.97 Å². The van der Waals surface area contributed by atoms with Crippen LogP contribution in [0, 0.1) is 0 Å². The summed E-state index contributed by atoms with van der Waals surface area (Å²) >= 11 is 0. The summed E-state index contributed by atoms with van der Waals surface area (Å²) in [6, 6.07) is 5.26. The number of benzene rings is 1. The van der Waals surface area contributed by atoms with Crippen LogP contribution in [0.25, 0.3) is 0 Å². The van der Waals surface area contributed by atoms with Crippen molar-refractivity contribution in [3.63, 3.8) is 0 Å². The van der Waals surface area contributed by atoms with Crippen LogP contribution in [0.3, 0.4) is 0 Å². The highest BCUT2D eigenvalue weighted by Gasteiger charge is 2.14. The zero-order valence-electron chi connectivity index (χ0n) is 11.3. The van der Waals surface area contributed by atoms with Gasteiger partial charge in [-0.15, -0.1) is 0 Å². The molecule has 1 aromatic rings. The van der Waals surface area contributed by atoms with Gasteiger partial charge in [-0.25, -0.2) is 4.79 Å². The van der Waals surface area contributed by atoms with Crippen molar-refractivity contribution in [3.8, 4) is 5.75 Å². The number of likely N-dealkylation sites (N-methyl/N-ethyl adjacent to an activating group) is 1. The number of methoxy groups -OCH3 is 1.